The Bertz CT molecular complexity index is 431. The first kappa shape index (κ1) is 8.45. The van der Waals surface area contributed by atoms with Crippen LogP contribution in [0.25, 0.3) is 10.9 Å². The Labute approximate surface area is 82.1 Å². The Kier molecular flexibility index (Phi) is 1.93. The van der Waals surface area contributed by atoms with Gasteiger partial charge in [0.1, 0.15) is 0 Å². The average molecular weight is 194 g/mol. The summed E-state index contributed by atoms with van der Waals surface area (Å²) in [5.41, 5.74) is 2.05. The van der Waals surface area contributed by atoms with E-state index in [0.29, 0.717) is 0 Å². The summed E-state index contributed by atoms with van der Waals surface area (Å²) in [4.78, 5) is 4.99. The van der Waals surface area contributed by atoms with E-state index < -0.39 is 0 Å². The fourth-order valence-electron chi connectivity index (χ4n) is 1.34. The maximum absolute atomic E-state index is 6.08. The largest absolute Gasteiger partial charge is 0.376 e. The van der Waals surface area contributed by atoms with Crippen molar-refractivity contribution in [3.05, 3.63) is 29.4 Å². The van der Waals surface area contributed by atoms with E-state index >= 15 is 0 Å². The molecule has 0 saturated carbocycles. The Morgan fingerprint density at radius 3 is 2.85 bits per heavy atom. The summed E-state index contributed by atoms with van der Waals surface area (Å²) in [6, 6.07) is 5.88. The highest BCUT2D eigenvalue weighted by Crippen LogP contribution is 2.28. The van der Waals surface area contributed by atoms with Gasteiger partial charge >= 0.3 is 0 Å². The lowest BCUT2D eigenvalue weighted by Crippen LogP contribution is -2.08. The van der Waals surface area contributed by atoms with Crippen molar-refractivity contribution in [1.82, 2.24) is 4.98 Å². The SMILES string of the molecule is CN(C)c1cc2c[c][nH]c2cc1Cl. The Hall–Kier alpha value is -1.15. The van der Waals surface area contributed by atoms with Crippen molar-refractivity contribution >= 4 is 28.2 Å². The highest BCUT2D eigenvalue weighted by molar-refractivity contribution is 6.34. The van der Waals surface area contributed by atoms with Gasteiger partial charge in [-0.3, -0.25) is 0 Å². The molecule has 1 aromatic heterocycles. The van der Waals surface area contributed by atoms with Crippen molar-refractivity contribution in [3.8, 4) is 0 Å². The first-order chi connectivity index (χ1) is 6.18. The molecule has 2 nitrogen and oxygen atoms in total. The van der Waals surface area contributed by atoms with Crippen molar-refractivity contribution < 1.29 is 0 Å². The Morgan fingerprint density at radius 1 is 1.38 bits per heavy atom. The van der Waals surface area contributed by atoms with Gasteiger partial charge in [-0.15, -0.1) is 0 Å². The van der Waals surface area contributed by atoms with Crippen LogP contribution in [0.4, 0.5) is 5.69 Å². The van der Waals surface area contributed by atoms with Gasteiger partial charge in [0.25, 0.3) is 0 Å². The predicted octanol–water partition coefficient (Wildman–Crippen LogP) is 2.69. The zero-order valence-electron chi connectivity index (χ0n) is 7.56. The minimum absolute atomic E-state index is 0.758. The zero-order chi connectivity index (χ0) is 9.42. The van der Waals surface area contributed by atoms with Crippen LogP contribution in [0.15, 0.2) is 18.2 Å². The number of aromatic amines is 1. The molecule has 1 radical (unpaired) electrons. The molecular weight excluding hydrogens is 184 g/mol. The average Bonchev–Trinajstić information content (AvgIpc) is 2.48. The monoisotopic (exact) mass is 193 g/mol. The zero-order valence-corrected chi connectivity index (χ0v) is 8.31. The van der Waals surface area contributed by atoms with E-state index in [1.165, 1.54) is 0 Å². The number of hydrogen-bond acceptors (Lipinski definition) is 1. The van der Waals surface area contributed by atoms with E-state index in [1.54, 1.807) is 0 Å². The highest BCUT2D eigenvalue weighted by Gasteiger charge is 2.04. The molecule has 1 heterocycles. The smallest absolute Gasteiger partial charge is 0.0660 e. The molecule has 67 valence electrons. The topological polar surface area (TPSA) is 19.0 Å². The summed E-state index contributed by atoms with van der Waals surface area (Å²) in [5.74, 6) is 0. The van der Waals surface area contributed by atoms with Crippen LogP contribution in [0.5, 0.6) is 0 Å². The number of rotatable bonds is 1. The van der Waals surface area contributed by atoms with Gasteiger partial charge in [0, 0.05) is 25.0 Å². The van der Waals surface area contributed by atoms with Crippen molar-refractivity contribution in [2.45, 2.75) is 0 Å². The molecule has 0 aliphatic rings. The van der Waals surface area contributed by atoms with Gasteiger partial charge < -0.3 is 9.88 Å². The lowest BCUT2D eigenvalue weighted by atomic mass is 10.2. The van der Waals surface area contributed by atoms with Crippen molar-refractivity contribution in [3.63, 3.8) is 0 Å². The third kappa shape index (κ3) is 1.38. The highest BCUT2D eigenvalue weighted by atomic mass is 35.5. The molecule has 1 N–H and O–H groups in total. The second-order valence-corrected chi connectivity index (χ2v) is 3.61. The predicted molar refractivity (Wildman–Crippen MR) is 56.5 cm³/mol. The third-order valence-corrected chi connectivity index (χ3v) is 2.34. The molecule has 0 saturated heterocycles. The number of nitrogens with one attached hydrogen (secondary N) is 1. The van der Waals surface area contributed by atoms with Crippen molar-refractivity contribution in [2.75, 3.05) is 19.0 Å². The van der Waals surface area contributed by atoms with E-state index in [-0.39, 0.29) is 0 Å². The molecule has 0 aliphatic carbocycles. The molecule has 13 heavy (non-hydrogen) atoms. The van der Waals surface area contributed by atoms with Gasteiger partial charge in [0.05, 0.1) is 16.9 Å². The van der Waals surface area contributed by atoms with Gasteiger partial charge in [0.2, 0.25) is 0 Å². The summed E-state index contributed by atoms with van der Waals surface area (Å²) in [6.07, 6.45) is 2.93. The van der Waals surface area contributed by atoms with Gasteiger partial charge in [0.15, 0.2) is 0 Å². The van der Waals surface area contributed by atoms with E-state index in [1.807, 2.05) is 37.2 Å². The molecule has 0 fully saturated rings. The first-order valence-corrected chi connectivity index (χ1v) is 4.42. The van der Waals surface area contributed by atoms with E-state index in [2.05, 4.69) is 11.2 Å². The minimum atomic E-state index is 0.758. The number of aromatic nitrogens is 1. The summed E-state index contributed by atoms with van der Waals surface area (Å²) in [6.45, 7) is 0. The maximum atomic E-state index is 6.08. The first-order valence-electron chi connectivity index (χ1n) is 4.04. The number of benzene rings is 1. The number of halogens is 1. The third-order valence-electron chi connectivity index (χ3n) is 2.04. The Balaban J connectivity index is 2.69. The van der Waals surface area contributed by atoms with Gasteiger partial charge in [-0.1, -0.05) is 11.6 Å². The quantitative estimate of drug-likeness (QED) is 0.738. The molecule has 1 aromatic carbocycles. The second-order valence-electron chi connectivity index (χ2n) is 3.20. The molecule has 0 spiro atoms. The number of H-pyrrole nitrogens is 1. The summed E-state index contributed by atoms with van der Waals surface area (Å²) in [7, 11) is 3.95. The van der Waals surface area contributed by atoms with E-state index in [9.17, 15) is 0 Å². The van der Waals surface area contributed by atoms with E-state index in [4.69, 9.17) is 11.6 Å². The maximum Gasteiger partial charge on any atom is 0.0660 e. The fraction of sp³-hybridized carbons (Fsp3) is 0.200. The Morgan fingerprint density at radius 2 is 2.15 bits per heavy atom. The fourth-order valence-corrected chi connectivity index (χ4v) is 1.67. The lowest BCUT2D eigenvalue weighted by Gasteiger charge is -2.14. The van der Waals surface area contributed by atoms with Crippen LogP contribution in [-0.4, -0.2) is 19.1 Å². The van der Waals surface area contributed by atoms with Crippen LogP contribution >= 0.6 is 11.6 Å². The molecule has 2 aromatic rings. The summed E-state index contributed by atoms with van der Waals surface area (Å²) in [5, 5.41) is 1.89. The summed E-state index contributed by atoms with van der Waals surface area (Å²) < 4.78 is 0. The van der Waals surface area contributed by atoms with Crippen molar-refractivity contribution in [1.29, 1.82) is 0 Å². The molecule has 3 heteroatoms. The molecule has 0 bridgehead atoms. The number of anilines is 1. The summed E-state index contributed by atoms with van der Waals surface area (Å²) >= 11 is 6.08. The number of nitrogens with zero attached hydrogens (tertiary/aromatic N) is 1. The van der Waals surface area contributed by atoms with Gasteiger partial charge in [-0.2, -0.15) is 0 Å². The molecule has 0 amide bonds. The van der Waals surface area contributed by atoms with Crippen LogP contribution in [0, 0.1) is 6.20 Å². The van der Waals surface area contributed by atoms with Crippen LogP contribution in [0.1, 0.15) is 0 Å². The van der Waals surface area contributed by atoms with Crippen LogP contribution in [0.2, 0.25) is 5.02 Å². The lowest BCUT2D eigenvalue weighted by molar-refractivity contribution is 1.13. The molecule has 0 aliphatic heterocycles. The number of fused-ring (bicyclic) bond motifs is 1. The van der Waals surface area contributed by atoms with Crippen LogP contribution in [-0.2, 0) is 0 Å². The van der Waals surface area contributed by atoms with Gasteiger partial charge in [-0.25, -0.2) is 0 Å². The molecule has 2 rings (SSSR count). The second kappa shape index (κ2) is 2.96. The van der Waals surface area contributed by atoms with E-state index in [0.717, 1.165) is 21.6 Å². The molecule has 0 atom stereocenters. The minimum Gasteiger partial charge on any atom is -0.376 e. The van der Waals surface area contributed by atoms with Crippen molar-refractivity contribution in [2.24, 2.45) is 0 Å². The standard InChI is InChI=1S/C10H10ClN2/c1-13(2)10-5-7-3-4-12-9(7)6-8(10)11/h3,5-6,12H,1-2H3. The molecule has 0 unspecified atom stereocenters. The number of hydrogen-bond donors (Lipinski definition) is 1. The van der Waals surface area contributed by atoms with Crippen LogP contribution in [0.3, 0.4) is 0 Å². The normalized spacial score (nSPS) is 10.7. The van der Waals surface area contributed by atoms with Crippen LogP contribution < -0.4 is 4.90 Å². The van der Waals surface area contributed by atoms with Gasteiger partial charge in [-0.05, 0) is 18.2 Å². The molecular formula is C10H10ClN2.